The topological polar surface area (TPSA) is 60.8 Å². The molecule has 0 bridgehead atoms. The standard InChI is InChI=1S/C16H17NO3S/c1-15(20)6-16(7-15)8-17(9-16)11-3-2-10-4-13(14(18)19)21-12(10)5-11/h2-5,20H,6-9H2,1H3,(H,18,19). The van der Waals surface area contributed by atoms with Gasteiger partial charge in [-0.3, -0.25) is 0 Å². The lowest BCUT2D eigenvalue weighted by molar-refractivity contribution is -0.126. The molecule has 1 aromatic heterocycles. The Balaban J connectivity index is 1.54. The molecular formula is C16H17NO3S. The fourth-order valence-corrected chi connectivity index (χ4v) is 4.99. The molecule has 1 aliphatic heterocycles. The summed E-state index contributed by atoms with van der Waals surface area (Å²) in [6, 6.07) is 7.86. The van der Waals surface area contributed by atoms with Crippen LogP contribution in [0.1, 0.15) is 29.4 Å². The van der Waals surface area contributed by atoms with E-state index in [2.05, 4.69) is 17.0 Å². The van der Waals surface area contributed by atoms with Crippen LogP contribution in [0.5, 0.6) is 0 Å². The monoisotopic (exact) mass is 303 g/mol. The third-order valence-electron chi connectivity index (χ3n) is 4.64. The highest BCUT2D eigenvalue weighted by Gasteiger charge is 2.57. The average molecular weight is 303 g/mol. The first-order valence-electron chi connectivity index (χ1n) is 7.10. The summed E-state index contributed by atoms with van der Waals surface area (Å²) in [6.07, 6.45) is 1.78. The molecule has 1 aliphatic carbocycles. The van der Waals surface area contributed by atoms with Gasteiger partial charge in [0, 0.05) is 28.9 Å². The predicted octanol–water partition coefficient (Wildman–Crippen LogP) is 2.95. The molecule has 0 unspecified atom stereocenters. The van der Waals surface area contributed by atoms with Crippen LogP contribution in [0.3, 0.4) is 0 Å². The molecule has 2 aliphatic rings. The van der Waals surface area contributed by atoms with E-state index in [0.29, 0.717) is 10.3 Å². The van der Waals surface area contributed by atoms with Gasteiger partial charge in [0.1, 0.15) is 4.88 Å². The number of carbonyl (C=O) groups is 1. The van der Waals surface area contributed by atoms with Crippen molar-refractivity contribution in [2.45, 2.75) is 25.4 Å². The highest BCUT2D eigenvalue weighted by molar-refractivity contribution is 7.20. The molecule has 2 N–H and O–H groups in total. The SMILES string of the molecule is CC1(O)CC2(CN(c3ccc4cc(C(=O)O)sc4c3)C2)C1. The third-order valence-corrected chi connectivity index (χ3v) is 5.73. The summed E-state index contributed by atoms with van der Waals surface area (Å²) in [5.74, 6) is -0.864. The molecule has 0 amide bonds. The molecular weight excluding hydrogens is 286 g/mol. The Hall–Kier alpha value is -1.59. The van der Waals surface area contributed by atoms with Crippen LogP contribution in [0.2, 0.25) is 0 Å². The average Bonchev–Trinajstić information content (AvgIpc) is 2.75. The number of aliphatic hydroxyl groups is 1. The number of fused-ring (bicyclic) bond motifs is 1. The van der Waals surface area contributed by atoms with Crippen molar-refractivity contribution in [3.05, 3.63) is 29.1 Å². The molecule has 5 heteroatoms. The quantitative estimate of drug-likeness (QED) is 0.895. The predicted molar refractivity (Wildman–Crippen MR) is 83.3 cm³/mol. The van der Waals surface area contributed by atoms with Gasteiger partial charge in [-0.1, -0.05) is 6.07 Å². The number of rotatable bonds is 2. The molecule has 21 heavy (non-hydrogen) atoms. The minimum absolute atomic E-state index is 0.306. The van der Waals surface area contributed by atoms with Gasteiger partial charge in [0.05, 0.1) is 5.60 Å². The maximum atomic E-state index is 11.0. The van der Waals surface area contributed by atoms with Crippen molar-refractivity contribution in [1.29, 1.82) is 0 Å². The van der Waals surface area contributed by atoms with Crippen molar-refractivity contribution in [3.63, 3.8) is 0 Å². The number of nitrogens with zero attached hydrogens (tertiary/aromatic N) is 1. The lowest BCUT2D eigenvalue weighted by atomic mass is 9.56. The molecule has 2 fully saturated rings. The van der Waals surface area contributed by atoms with Gasteiger partial charge in [0.15, 0.2) is 0 Å². The lowest BCUT2D eigenvalue weighted by Crippen LogP contribution is -2.67. The number of anilines is 1. The van der Waals surface area contributed by atoms with Crippen LogP contribution < -0.4 is 4.90 Å². The van der Waals surface area contributed by atoms with Crippen LogP contribution >= 0.6 is 11.3 Å². The van der Waals surface area contributed by atoms with E-state index in [0.717, 1.165) is 41.7 Å². The van der Waals surface area contributed by atoms with E-state index in [1.165, 1.54) is 11.3 Å². The molecule has 4 rings (SSSR count). The van der Waals surface area contributed by atoms with E-state index in [1.54, 1.807) is 6.07 Å². The fourth-order valence-electron chi connectivity index (χ4n) is 4.06. The maximum absolute atomic E-state index is 11.0. The van der Waals surface area contributed by atoms with E-state index in [-0.39, 0.29) is 0 Å². The van der Waals surface area contributed by atoms with Crippen LogP contribution in [0.25, 0.3) is 10.1 Å². The van der Waals surface area contributed by atoms with Gasteiger partial charge in [0.2, 0.25) is 0 Å². The maximum Gasteiger partial charge on any atom is 0.345 e. The lowest BCUT2D eigenvalue weighted by Gasteiger charge is -2.62. The van der Waals surface area contributed by atoms with Crippen molar-refractivity contribution in [2.75, 3.05) is 18.0 Å². The summed E-state index contributed by atoms with van der Waals surface area (Å²) in [5, 5.41) is 19.9. The Labute approximate surface area is 126 Å². The van der Waals surface area contributed by atoms with E-state index in [9.17, 15) is 9.90 Å². The number of thiophene rings is 1. The summed E-state index contributed by atoms with van der Waals surface area (Å²) in [4.78, 5) is 13.7. The zero-order valence-corrected chi connectivity index (χ0v) is 12.6. The highest BCUT2D eigenvalue weighted by Crippen LogP contribution is 2.54. The Kier molecular flexibility index (Phi) is 2.49. The number of aromatic carboxylic acids is 1. The largest absolute Gasteiger partial charge is 0.477 e. The second-order valence-electron chi connectivity index (χ2n) is 6.84. The van der Waals surface area contributed by atoms with Gasteiger partial charge in [-0.05, 0) is 43.4 Å². The van der Waals surface area contributed by atoms with E-state index >= 15 is 0 Å². The van der Waals surface area contributed by atoms with E-state index in [4.69, 9.17) is 5.11 Å². The van der Waals surface area contributed by atoms with Gasteiger partial charge >= 0.3 is 5.97 Å². The van der Waals surface area contributed by atoms with Crippen LogP contribution in [-0.2, 0) is 0 Å². The van der Waals surface area contributed by atoms with Crippen LogP contribution in [-0.4, -0.2) is 34.9 Å². The zero-order valence-electron chi connectivity index (χ0n) is 11.8. The Bertz CT molecular complexity index is 733. The van der Waals surface area contributed by atoms with Crippen LogP contribution in [0.15, 0.2) is 24.3 Å². The van der Waals surface area contributed by atoms with Gasteiger partial charge < -0.3 is 15.1 Å². The fraction of sp³-hybridized carbons (Fsp3) is 0.438. The van der Waals surface area contributed by atoms with Crippen LogP contribution in [0, 0.1) is 5.41 Å². The van der Waals surface area contributed by atoms with Crippen LogP contribution in [0.4, 0.5) is 5.69 Å². The zero-order chi connectivity index (χ0) is 14.8. The number of benzene rings is 1. The van der Waals surface area contributed by atoms with Crippen molar-refractivity contribution < 1.29 is 15.0 Å². The molecule has 4 nitrogen and oxygen atoms in total. The molecule has 0 atom stereocenters. The summed E-state index contributed by atoms with van der Waals surface area (Å²) >= 11 is 1.32. The number of hydrogen-bond donors (Lipinski definition) is 2. The Morgan fingerprint density at radius 1 is 1.29 bits per heavy atom. The summed E-state index contributed by atoms with van der Waals surface area (Å²) in [5.41, 5.74) is 0.985. The minimum Gasteiger partial charge on any atom is -0.477 e. The summed E-state index contributed by atoms with van der Waals surface area (Å²) in [7, 11) is 0. The number of carboxylic acid groups (broad SMARTS) is 1. The van der Waals surface area contributed by atoms with Crippen molar-refractivity contribution in [3.8, 4) is 0 Å². The first-order chi connectivity index (χ1) is 9.86. The molecule has 1 spiro atoms. The Morgan fingerprint density at radius 3 is 2.62 bits per heavy atom. The molecule has 0 radical (unpaired) electrons. The Morgan fingerprint density at radius 2 is 2.00 bits per heavy atom. The van der Waals surface area contributed by atoms with Crippen molar-refractivity contribution in [2.24, 2.45) is 5.41 Å². The molecule has 2 heterocycles. The molecule has 1 saturated heterocycles. The number of hydrogen-bond acceptors (Lipinski definition) is 4. The second kappa shape index (κ2) is 3.99. The summed E-state index contributed by atoms with van der Waals surface area (Å²) in [6.45, 7) is 3.89. The van der Waals surface area contributed by atoms with Crippen molar-refractivity contribution >= 4 is 33.1 Å². The molecule has 2 aromatic rings. The summed E-state index contributed by atoms with van der Waals surface area (Å²) < 4.78 is 1.02. The molecule has 1 saturated carbocycles. The van der Waals surface area contributed by atoms with Gasteiger partial charge in [0.25, 0.3) is 0 Å². The number of carboxylic acids is 1. The third kappa shape index (κ3) is 2.03. The van der Waals surface area contributed by atoms with E-state index in [1.807, 2.05) is 13.0 Å². The minimum atomic E-state index is -0.864. The van der Waals surface area contributed by atoms with Gasteiger partial charge in [-0.15, -0.1) is 11.3 Å². The normalized spacial score (nSPS) is 22.1. The molecule has 1 aromatic carbocycles. The first kappa shape index (κ1) is 13.1. The van der Waals surface area contributed by atoms with Gasteiger partial charge in [-0.2, -0.15) is 0 Å². The van der Waals surface area contributed by atoms with E-state index < -0.39 is 11.6 Å². The van der Waals surface area contributed by atoms with Crippen molar-refractivity contribution in [1.82, 2.24) is 0 Å². The molecule has 110 valence electrons. The highest BCUT2D eigenvalue weighted by atomic mass is 32.1. The van der Waals surface area contributed by atoms with Gasteiger partial charge in [-0.25, -0.2) is 4.79 Å². The first-order valence-corrected chi connectivity index (χ1v) is 7.92. The second-order valence-corrected chi connectivity index (χ2v) is 7.93. The smallest absolute Gasteiger partial charge is 0.345 e.